The highest BCUT2D eigenvalue weighted by atomic mass is 32.1. The van der Waals surface area contributed by atoms with Crippen molar-refractivity contribution in [2.75, 3.05) is 51.2 Å². The Morgan fingerprint density at radius 3 is 2.56 bits per heavy atom. The van der Waals surface area contributed by atoms with Crippen LogP contribution in [0, 0.1) is 5.92 Å². The van der Waals surface area contributed by atoms with Crippen molar-refractivity contribution in [2.24, 2.45) is 5.92 Å². The van der Waals surface area contributed by atoms with Gasteiger partial charge in [-0.05, 0) is 37.3 Å². The number of hydrogen-bond donors (Lipinski definition) is 1. The van der Waals surface area contributed by atoms with E-state index in [9.17, 15) is 14.4 Å². The molecule has 2 saturated heterocycles. The molecule has 1 aromatic rings. The fraction of sp³-hybridized carbons (Fsp3) is 0.611. The van der Waals surface area contributed by atoms with E-state index >= 15 is 0 Å². The molecule has 0 aliphatic carbocycles. The number of likely N-dealkylation sites (tertiary alicyclic amines) is 1. The van der Waals surface area contributed by atoms with Crippen LogP contribution in [0.2, 0.25) is 0 Å². The number of hydrogen-bond acceptors (Lipinski definition) is 5. The molecule has 1 atom stereocenters. The summed E-state index contributed by atoms with van der Waals surface area (Å²) in [7, 11) is 0. The molecule has 2 aliphatic heterocycles. The molecule has 0 spiro atoms. The lowest BCUT2D eigenvalue weighted by atomic mass is 9.96. The number of ether oxygens (including phenoxy) is 1. The van der Waals surface area contributed by atoms with Gasteiger partial charge in [0.2, 0.25) is 5.91 Å². The van der Waals surface area contributed by atoms with E-state index < -0.39 is 0 Å². The second-order valence-corrected chi connectivity index (χ2v) is 7.65. The maximum atomic E-state index is 12.9. The Morgan fingerprint density at radius 1 is 1.15 bits per heavy atom. The van der Waals surface area contributed by atoms with Gasteiger partial charge in [0.1, 0.15) is 0 Å². The molecule has 0 radical (unpaired) electrons. The monoisotopic (exact) mass is 394 g/mol. The lowest BCUT2D eigenvalue weighted by Gasteiger charge is -2.38. The van der Waals surface area contributed by atoms with E-state index in [1.165, 1.54) is 11.3 Å². The average molecular weight is 394 g/mol. The number of carbonyl (C=O) groups excluding carboxylic acids is 3. The van der Waals surface area contributed by atoms with Crippen molar-refractivity contribution in [1.29, 1.82) is 0 Å². The van der Waals surface area contributed by atoms with Crippen molar-refractivity contribution in [2.45, 2.75) is 19.8 Å². The van der Waals surface area contributed by atoms with Gasteiger partial charge in [-0.25, -0.2) is 9.59 Å². The summed E-state index contributed by atoms with van der Waals surface area (Å²) in [5.41, 5.74) is 0. The summed E-state index contributed by atoms with van der Waals surface area (Å²) >= 11 is 1.47. The van der Waals surface area contributed by atoms with Crippen LogP contribution in [0.3, 0.4) is 0 Å². The molecule has 1 N–H and O–H groups in total. The van der Waals surface area contributed by atoms with Crippen LogP contribution in [0.25, 0.3) is 0 Å². The van der Waals surface area contributed by atoms with Crippen LogP contribution < -0.4 is 5.32 Å². The number of anilines is 1. The van der Waals surface area contributed by atoms with E-state index in [2.05, 4.69) is 5.32 Å². The van der Waals surface area contributed by atoms with Crippen LogP contribution >= 0.6 is 11.3 Å². The van der Waals surface area contributed by atoms with Crippen molar-refractivity contribution in [3.63, 3.8) is 0 Å². The first kappa shape index (κ1) is 19.5. The van der Waals surface area contributed by atoms with Crippen molar-refractivity contribution in [3.8, 4) is 0 Å². The Kier molecular flexibility index (Phi) is 6.54. The van der Waals surface area contributed by atoms with Gasteiger partial charge in [0, 0.05) is 39.3 Å². The fourth-order valence-corrected chi connectivity index (χ4v) is 4.09. The molecule has 2 fully saturated rings. The predicted octanol–water partition coefficient (Wildman–Crippen LogP) is 2.29. The van der Waals surface area contributed by atoms with E-state index in [1.54, 1.807) is 21.6 Å². The SMILES string of the molecule is CCOC(=O)N1CCN(C(=O)C2CCCN(C(=O)Nc3cccs3)C2)CC1. The minimum Gasteiger partial charge on any atom is -0.450 e. The summed E-state index contributed by atoms with van der Waals surface area (Å²) in [6.07, 6.45) is 1.29. The predicted molar refractivity (Wildman–Crippen MR) is 103 cm³/mol. The van der Waals surface area contributed by atoms with Gasteiger partial charge in [0.25, 0.3) is 0 Å². The van der Waals surface area contributed by atoms with Crippen molar-refractivity contribution >= 4 is 34.4 Å². The normalized spacial score (nSPS) is 20.3. The smallest absolute Gasteiger partial charge is 0.409 e. The van der Waals surface area contributed by atoms with Crippen LogP contribution in [0.1, 0.15) is 19.8 Å². The number of nitrogens with one attached hydrogen (secondary N) is 1. The number of carbonyl (C=O) groups is 3. The van der Waals surface area contributed by atoms with Crippen LogP contribution in [-0.4, -0.2) is 78.6 Å². The molecule has 3 rings (SSSR count). The molecular formula is C18H26N4O4S. The molecule has 148 valence electrons. The zero-order chi connectivity index (χ0) is 19.2. The van der Waals surface area contributed by atoms with E-state index in [0.717, 1.165) is 17.8 Å². The molecule has 0 bridgehead atoms. The summed E-state index contributed by atoms with van der Waals surface area (Å²) in [6, 6.07) is 3.60. The summed E-state index contributed by atoms with van der Waals surface area (Å²) < 4.78 is 5.01. The maximum absolute atomic E-state index is 12.9. The van der Waals surface area contributed by atoms with Gasteiger partial charge in [0.05, 0.1) is 17.5 Å². The molecule has 3 heterocycles. The molecule has 1 unspecified atom stereocenters. The van der Waals surface area contributed by atoms with Crippen molar-refractivity contribution in [1.82, 2.24) is 14.7 Å². The minimum atomic E-state index is -0.321. The summed E-state index contributed by atoms with van der Waals surface area (Å²) in [5.74, 6) is -0.103. The second kappa shape index (κ2) is 9.07. The number of rotatable bonds is 3. The molecule has 4 amide bonds. The largest absolute Gasteiger partial charge is 0.450 e. The lowest BCUT2D eigenvalue weighted by Crippen LogP contribution is -2.54. The topological polar surface area (TPSA) is 82.2 Å². The van der Waals surface area contributed by atoms with Crippen LogP contribution in [0.15, 0.2) is 17.5 Å². The molecular weight excluding hydrogens is 368 g/mol. The zero-order valence-corrected chi connectivity index (χ0v) is 16.4. The van der Waals surface area contributed by atoms with Crippen LogP contribution in [0.5, 0.6) is 0 Å². The first-order valence-corrected chi connectivity index (χ1v) is 10.3. The van der Waals surface area contributed by atoms with Gasteiger partial charge in [-0.1, -0.05) is 0 Å². The first-order chi connectivity index (χ1) is 13.1. The Morgan fingerprint density at radius 2 is 1.89 bits per heavy atom. The molecule has 0 aromatic carbocycles. The number of thiophene rings is 1. The quantitative estimate of drug-likeness (QED) is 0.853. The summed E-state index contributed by atoms with van der Waals surface area (Å²) in [5, 5.41) is 5.60. The third-order valence-electron chi connectivity index (χ3n) is 4.93. The molecule has 27 heavy (non-hydrogen) atoms. The molecule has 9 heteroatoms. The maximum Gasteiger partial charge on any atom is 0.409 e. The number of piperazine rings is 1. The third kappa shape index (κ3) is 4.91. The van der Waals surface area contributed by atoms with Crippen LogP contribution in [0.4, 0.5) is 14.6 Å². The molecule has 8 nitrogen and oxygen atoms in total. The van der Waals surface area contributed by atoms with Crippen molar-refractivity contribution < 1.29 is 19.1 Å². The summed E-state index contributed by atoms with van der Waals surface area (Å²) in [4.78, 5) is 42.2. The number of urea groups is 1. The number of amides is 4. The standard InChI is InChI=1S/C18H26N4O4S/c1-2-26-18(25)21-10-8-20(9-11-21)16(23)14-5-3-7-22(13-14)17(24)19-15-6-4-12-27-15/h4,6,12,14H,2-3,5,7-11,13H2,1H3,(H,19,24). The third-order valence-corrected chi connectivity index (χ3v) is 5.71. The summed E-state index contributed by atoms with van der Waals surface area (Å²) in [6.45, 7) is 5.22. The fourth-order valence-electron chi connectivity index (χ4n) is 3.48. The molecule has 2 aliphatic rings. The van der Waals surface area contributed by atoms with Gasteiger partial charge >= 0.3 is 12.1 Å². The zero-order valence-electron chi connectivity index (χ0n) is 15.6. The van der Waals surface area contributed by atoms with Crippen molar-refractivity contribution in [3.05, 3.63) is 17.5 Å². The highest BCUT2D eigenvalue weighted by Gasteiger charge is 2.33. The second-order valence-electron chi connectivity index (χ2n) is 6.70. The first-order valence-electron chi connectivity index (χ1n) is 9.38. The Balaban J connectivity index is 1.50. The number of piperidine rings is 1. The highest BCUT2D eigenvalue weighted by molar-refractivity contribution is 7.14. The van der Waals surface area contributed by atoms with Gasteiger partial charge in [-0.2, -0.15) is 0 Å². The van der Waals surface area contributed by atoms with Gasteiger partial charge in [0.15, 0.2) is 0 Å². The van der Waals surface area contributed by atoms with E-state index in [4.69, 9.17) is 4.74 Å². The molecule has 1 aromatic heterocycles. The van der Waals surface area contributed by atoms with E-state index in [-0.39, 0.29) is 23.9 Å². The van der Waals surface area contributed by atoms with Gasteiger partial charge in [-0.3, -0.25) is 10.1 Å². The minimum absolute atomic E-state index is 0.0760. The highest BCUT2D eigenvalue weighted by Crippen LogP contribution is 2.22. The Hall–Kier alpha value is -2.29. The average Bonchev–Trinajstić information content (AvgIpc) is 3.21. The Bertz CT molecular complexity index is 658. The number of nitrogens with zero attached hydrogens (tertiary/aromatic N) is 3. The molecule has 0 saturated carbocycles. The van der Waals surface area contributed by atoms with Gasteiger partial charge < -0.3 is 19.4 Å². The Labute approximate surface area is 163 Å². The van der Waals surface area contributed by atoms with E-state index in [1.807, 2.05) is 17.5 Å². The van der Waals surface area contributed by atoms with Gasteiger partial charge in [-0.15, -0.1) is 11.3 Å². The lowest BCUT2D eigenvalue weighted by molar-refractivity contribution is -0.138. The van der Waals surface area contributed by atoms with E-state index in [0.29, 0.717) is 45.9 Å². The van der Waals surface area contributed by atoms with Crippen LogP contribution in [-0.2, 0) is 9.53 Å².